The largest absolute Gasteiger partial charge is 0.467 e. The van der Waals surface area contributed by atoms with E-state index in [2.05, 4.69) is 15.4 Å². The van der Waals surface area contributed by atoms with Crippen molar-refractivity contribution in [3.63, 3.8) is 0 Å². The summed E-state index contributed by atoms with van der Waals surface area (Å²) < 4.78 is 11.3. The zero-order valence-electron chi connectivity index (χ0n) is 11.4. The van der Waals surface area contributed by atoms with Crippen LogP contribution in [0.1, 0.15) is 12.7 Å². The maximum atomic E-state index is 11.7. The number of carbonyl (C=O) groups is 2. The van der Waals surface area contributed by atoms with Crippen LogP contribution in [0.15, 0.2) is 29.1 Å². The zero-order valence-corrected chi connectivity index (χ0v) is 11.4. The molecule has 0 fully saturated rings. The number of nitrogen functional groups attached to an aromatic ring is 1. The van der Waals surface area contributed by atoms with E-state index in [0.717, 1.165) is 0 Å². The average molecular weight is 293 g/mol. The van der Waals surface area contributed by atoms with Gasteiger partial charge in [0.1, 0.15) is 18.6 Å². The number of furan rings is 1. The number of esters is 1. The Morgan fingerprint density at radius 1 is 1.57 bits per heavy atom. The van der Waals surface area contributed by atoms with Gasteiger partial charge in [-0.2, -0.15) is 0 Å². The van der Waals surface area contributed by atoms with Crippen LogP contribution in [0.2, 0.25) is 0 Å². The van der Waals surface area contributed by atoms with Gasteiger partial charge in [0.15, 0.2) is 6.10 Å². The molecule has 2 rings (SSSR count). The van der Waals surface area contributed by atoms with E-state index in [1.54, 1.807) is 12.1 Å². The molecule has 21 heavy (non-hydrogen) atoms. The molecule has 1 unspecified atom stereocenters. The molecular weight excluding hydrogens is 278 g/mol. The van der Waals surface area contributed by atoms with Crippen LogP contribution in [0.5, 0.6) is 0 Å². The van der Waals surface area contributed by atoms with Gasteiger partial charge in [0.2, 0.25) is 5.95 Å². The number of nitrogens with one attached hydrogen (secondary N) is 1. The van der Waals surface area contributed by atoms with E-state index in [9.17, 15) is 9.59 Å². The number of anilines is 1. The summed E-state index contributed by atoms with van der Waals surface area (Å²) in [4.78, 5) is 27.0. The molecule has 0 saturated heterocycles. The topological polar surface area (TPSA) is 125 Å². The molecule has 0 bridgehead atoms. The summed E-state index contributed by atoms with van der Waals surface area (Å²) in [6, 6.07) is 3.45. The van der Waals surface area contributed by atoms with Gasteiger partial charge in [0.05, 0.1) is 12.8 Å². The number of amides is 1. The Morgan fingerprint density at radius 3 is 3.00 bits per heavy atom. The van der Waals surface area contributed by atoms with E-state index in [1.165, 1.54) is 24.2 Å². The first-order chi connectivity index (χ1) is 10.0. The molecule has 1 amide bonds. The fourth-order valence-corrected chi connectivity index (χ4v) is 1.54. The highest BCUT2D eigenvalue weighted by atomic mass is 16.5. The van der Waals surface area contributed by atoms with Crippen molar-refractivity contribution in [2.24, 2.45) is 0 Å². The van der Waals surface area contributed by atoms with Crippen molar-refractivity contribution in [1.29, 1.82) is 0 Å². The van der Waals surface area contributed by atoms with E-state index in [-0.39, 0.29) is 19.0 Å². The maximum Gasteiger partial charge on any atom is 0.328 e. The number of nitrogens with zero attached hydrogens (tertiary/aromatic N) is 3. The lowest BCUT2D eigenvalue weighted by atomic mass is 10.3. The molecule has 1 atom stereocenters. The highest BCUT2D eigenvalue weighted by molar-refractivity contribution is 5.83. The first-order valence-electron chi connectivity index (χ1n) is 6.19. The van der Waals surface area contributed by atoms with Gasteiger partial charge in [0.25, 0.3) is 5.91 Å². The van der Waals surface area contributed by atoms with Crippen LogP contribution in [0.3, 0.4) is 0 Å². The molecule has 112 valence electrons. The van der Waals surface area contributed by atoms with E-state index in [4.69, 9.17) is 14.9 Å². The number of ether oxygens (including phenoxy) is 1. The molecule has 9 heteroatoms. The molecule has 2 heterocycles. The van der Waals surface area contributed by atoms with Crippen LogP contribution in [0, 0.1) is 0 Å². The summed E-state index contributed by atoms with van der Waals surface area (Å²) in [5.41, 5.74) is 5.32. The number of hydrogen-bond donors (Lipinski definition) is 2. The summed E-state index contributed by atoms with van der Waals surface area (Å²) in [5, 5.41) is 6.34. The Bertz CT molecular complexity index is 607. The van der Waals surface area contributed by atoms with E-state index >= 15 is 0 Å². The number of nitrogens with two attached hydrogens (primary N) is 1. The van der Waals surface area contributed by atoms with Crippen LogP contribution < -0.4 is 11.1 Å². The fraction of sp³-hybridized carbons (Fsp3) is 0.333. The van der Waals surface area contributed by atoms with Crippen LogP contribution >= 0.6 is 0 Å². The minimum Gasteiger partial charge on any atom is -0.467 e. The lowest BCUT2D eigenvalue weighted by molar-refractivity contribution is -0.155. The smallest absolute Gasteiger partial charge is 0.328 e. The van der Waals surface area contributed by atoms with Crippen LogP contribution in [0.4, 0.5) is 5.95 Å². The van der Waals surface area contributed by atoms with Crippen LogP contribution in [0.25, 0.3) is 0 Å². The summed E-state index contributed by atoms with van der Waals surface area (Å²) in [6.07, 6.45) is 1.89. The van der Waals surface area contributed by atoms with Crippen molar-refractivity contribution in [2.45, 2.75) is 26.1 Å². The Labute approximate surface area is 120 Å². The lowest BCUT2D eigenvalue weighted by Crippen LogP contribution is -2.36. The number of rotatable bonds is 6. The SMILES string of the molecule is CC(OC(=O)Cn1cnc(N)n1)C(=O)NCc1ccco1. The van der Waals surface area contributed by atoms with Crippen molar-refractivity contribution in [3.05, 3.63) is 30.5 Å². The molecular formula is C12H15N5O4. The molecule has 0 aromatic carbocycles. The molecule has 0 saturated carbocycles. The van der Waals surface area contributed by atoms with Crippen LogP contribution in [-0.2, 0) is 27.4 Å². The Balaban J connectivity index is 1.75. The van der Waals surface area contributed by atoms with E-state index in [1.807, 2.05) is 0 Å². The number of carbonyl (C=O) groups excluding carboxylic acids is 2. The second-order valence-electron chi connectivity index (χ2n) is 4.23. The predicted molar refractivity (Wildman–Crippen MR) is 70.5 cm³/mol. The fourth-order valence-electron chi connectivity index (χ4n) is 1.54. The van der Waals surface area contributed by atoms with E-state index < -0.39 is 18.0 Å². The highest BCUT2D eigenvalue weighted by Gasteiger charge is 2.18. The predicted octanol–water partition coefficient (Wildman–Crippen LogP) is -0.299. The zero-order chi connectivity index (χ0) is 15.2. The third kappa shape index (κ3) is 4.34. The van der Waals surface area contributed by atoms with Gasteiger partial charge in [-0.15, -0.1) is 5.10 Å². The van der Waals surface area contributed by atoms with Gasteiger partial charge in [-0.1, -0.05) is 0 Å². The maximum absolute atomic E-state index is 11.7. The number of aromatic nitrogens is 3. The van der Waals surface area contributed by atoms with Gasteiger partial charge >= 0.3 is 5.97 Å². The molecule has 9 nitrogen and oxygen atoms in total. The van der Waals surface area contributed by atoms with Gasteiger partial charge in [0, 0.05) is 0 Å². The highest BCUT2D eigenvalue weighted by Crippen LogP contribution is 2.00. The molecule has 0 aliphatic heterocycles. The first kappa shape index (κ1) is 14.6. The summed E-state index contributed by atoms with van der Waals surface area (Å²) in [6.45, 7) is 1.54. The Kier molecular flexibility index (Phi) is 4.54. The molecule has 0 spiro atoms. The van der Waals surface area contributed by atoms with Gasteiger partial charge in [-0.25, -0.2) is 9.67 Å². The average Bonchev–Trinajstić information content (AvgIpc) is 3.07. The van der Waals surface area contributed by atoms with Crippen molar-refractivity contribution in [3.8, 4) is 0 Å². The van der Waals surface area contributed by atoms with Crippen molar-refractivity contribution >= 4 is 17.8 Å². The van der Waals surface area contributed by atoms with Crippen molar-refractivity contribution in [1.82, 2.24) is 20.1 Å². The second-order valence-corrected chi connectivity index (χ2v) is 4.23. The second kappa shape index (κ2) is 6.55. The normalized spacial score (nSPS) is 11.9. The molecule has 2 aromatic heterocycles. The molecule has 0 aliphatic carbocycles. The monoisotopic (exact) mass is 293 g/mol. The quantitative estimate of drug-likeness (QED) is 0.700. The van der Waals surface area contributed by atoms with Crippen molar-refractivity contribution in [2.75, 3.05) is 5.73 Å². The van der Waals surface area contributed by atoms with Gasteiger partial charge in [-0.3, -0.25) is 9.59 Å². The molecule has 0 radical (unpaired) electrons. The standard InChI is InChI=1S/C12H15N5O4/c1-8(11(19)14-5-9-3-2-4-20-9)21-10(18)6-17-7-15-12(13)16-17/h2-4,7-8H,5-6H2,1H3,(H2,13,16)(H,14,19). The summed E-state index contributed by atoms with van der Waals surface area (Å²) in [7, 11) is 0. The number of hydrogen-bond acceptors (Lipinski definition) is 7. The Hall–Kier alpha value is -2.84. The molecule has 3 N–H and O–H groups in total. The Morgan fingerprint density at radius 2 is 2.38 bits per heavy atom. The summed E-state index contributed by atoms with van der Waals surface area (Å²) in [5.74, 6) is -0.356. The van der Waals surface area contributed by atoms with Gasteiger partial charge < -0.3 is 20.2 Å². The minimum atomic E-state index is -0.923. The van der Waals surface area contributed by atoms with Gasteiger partial charge in [-0.05, 0) is 19.1 Å². The molecule has 2 aromatic rings. The molecule has 0 aliphatic rings. The minimum absolute atomic E-state index is 0.0621. The lowest BCUT2D eigenvalue weighted by Gasteiger charge is -2.12. The van der Waals surface area contributed by atoms with Crippen molar-refractivity contribution < 1.29 is 18.7 Å². The summed E-state index contributed by atoms with van der Waals surface area (Å²) >= 11 is 0. The third-order valence-corrected chi connectivity index (χ3v) is 2.54. The first-order valence-corrected chi connectivity index (χ1v) is 6.19. The third-order valence-electron chi connectivity index (χ3n) is 2.54. The van der Waals surface area contributed by atoms with Crippen LogP contribution in [-0.4, -0.2) is 32.7 Å². The van der Waals surface area contributed by atoms with E-state index in [0.29, 0.717) is 5.76 Å².